The molecule has 0 radical (unpaired) electrons. The van der Waals surface area contributed by atoms with Crippen molar-refractivity contribution in [3.8, 4) is 11.4 Å². The molecule has 2 aliphatic carbocycles. The number of aliphatic hydroxyl groups is 1. The maximum Gasteiger partial charge on any atom is 0.319 e. The number of anilines is 2. The number of aliphatic hydroxyl groups excluding tert-OH is 1. The lowest BCUT2D eigenvalue weighted by Gasteiger charge is -2.32. The van der Waals surface area contributed by atoms with Crippen LogP contribution in [0.1, 0.15) is 44.2 Å². The fourth-order valence-electron chi connectivity index (χ4n) is 5.13. The summed E-state index contributed by atoms with van der Waals surface area (Å²) in [7, 11) is -3.36. The van der Waals surface area contributed by atoms with Gasteiger partial charge in [0.15, 0.2) is 15.7 Å². The van der Waals surface area contributed by atoms with Gasteiger partial charge in [0, 0.05) is 37.0 Å². The van der Waals surface area contributed by atoms with Crippen LogP contribution >= 0.6 is 0 Å². The Morgan fingerprint density at radius 3 is 2.44 bits per heavy atom. The maximum atomic E-state index is 13.7. The van der Waals surface area contributed by atoms with E-state index in [1.807, 2.05) is 18.2 Å². The first-order chi connectivity index (χ1) is 17.4. The standard InChI is InChI=1S/C25H33N5O5S/c31-14-11-26-24(32)27-19-5-3-18(4-6-19)23-28-21(17-22(29-23)30-12-15-35-16-13-30)25(9-1-2-10-25)36(33,34)20-7-8-20/h3-6,17,20,31H,1-2,7-16H2,(H2,26,27,32). The summed E-state index contributed by atoms with van der Waals surface area (Å²) >= 11 is 0. The van der Waals surface area contributed by atoms with E-state index in [1.54, 1.807) is 12.1 Å². The summed E-state index contributed by atoms with van der Waals surface area (Å²) in [6.07, 6.45) is 4.40. The Bertz CT molecular complexity index is 1190. The number of nitrogens with zero attached hydrogens (tertiary/aromatic N) is 3. The molecule has 0 unspecified atom stereocenters. The molecule has 2 saturated carbocycles. The highest BCUT2D eigenvalue weighted by atomic mass is 32.2. The number of sulfone groups is 1. The number of urea groups is 1. The lowest BCUT2D eigenvalue weighted by molar-refractivity contribution is 0.122. The monoisotopic (exact) mass is 515 g/mol. The molecule has 194 valence electrons. The van der Waals surface area contributed by atoms with Crippen molar-refractivity contribution in [2.45, 2.75) is 48.5 Å². The minimum absolute atomic E-state index is 0.135. The van der Waals surface area contributed by atoms with Crippen molar-refractivity contribution in [2.75, 3.05) is 49.7 Å². The number of nitrogens with one attached hydrogen (secondary N) is 2. The minimum Gasteiger partial charge on any atom is -0.395 e. The molecule has 1 saturated heterocycles. The number of aromatic nitrogens is 2. The summed E-state index contributed by atoms with van der Waals surface area (Å²) in [5.41, 5.74) is 1.93. The third kappa shape index (κ3) is 4.91. The lowest BCUT2D eigenvalue weighted by atomic mass is 10.0. The molecule has 0 spiro atoms. The van der Waals surface area contributed by atoms with Crippen LogP contribution in [0.2, 0.25) is 0 Å². The Morgan fingerprint density at radius 2 is 1.81 bits per heavy atom. The van der Waals surface area contributed by atoms with Crippen molar-refractivity contribution in [1.29, 1.82) is 0 Å². The van der Waals surface area contributed by atoms with Crippen LogP contribution in [0.3, 0.4) is 0 Å². The molecule has 0 atom stereocenters. The van der Waals surface area contributed by atoms with E-state index in [0.717, 1.165) is 37.1 Å². The van der Waals surface area contributed by atoms with Gasteiger partial charge in [-0.05, 0) is 49.9 Å². The zero-order chi connectivity index (χ0) is 25.2. The molecule has 10 nitrogen and oxygen atoms in total. The van der Waals surface area contributed by atoms with Gasteiger partial charge in [-0.1, -0.05) is 12.8 Å². The molecule has 2 amide bonds. The van der Waals surface area contributed by atoms with Crippen LogP contribution in [-0.4, -0.2) is 74.2 Å². The molecular weight excluding hydrogens is 482 g/mol. The van der Waals surface area contributed by atoms with Gasteiger partial charge in [0.05, 0.1) is 30.8 Å². The van der Waals surface area contributed by atoms with Crippen LogP contribution in [-0.2, 0) is 19.3 Å². The second-order valence-corrected chi connectivity index (χ2v) is 12.2. The maximum absolute atomic E-state index is 13.7. The molecule has 1 aromatic heterocycles. The molecule has 3 aliphatic rings. The van der Waals surface area contributed by atoms with E-state index in [2.05, 4.69) is 15.5 Å². The first-order valence-corrected chi connectivity index (χ1v) is 14.2. The summed E-state index contributed by atoms with van der Waals surface area (Å²) in [6.45, 7) is 2.59. The second kappa shape index (κ2) is 10.3. The molecule has 36 heavy (non-hydrogen) atoms. The second-order valence-electron chi connectivity index (χ2n) is 9.66. The fraction of sp³-hybridized carbons (Fsp3) is 0.560. The quantitative estimate of drug-likeness (QED) is 0.488. The molecule has 2 aromatic rings. The number of amides is 2. The van der Waals surface area contributed by atoms with E-state index in [1.165, 1.54) is 0 Å². The Balaban J connectivity index is 1.52. The molecule has 3 fully saturated rings. The van der Waals surface area contributed by atoms with Crippen molar-refractivity contribution in [3.63, 3.8) is 0 Å². The van der Waals surface area contributed by atoms with E-state index in [-0.39, 0.29) is 18.4 Å². The number of benzene rings is 1. The predicted molar refractivity (Wildman–Crippen MR) is 137 cm³/mol. The summed E-state index contributed by atoms with van der Waals surface area (Å²) < 4.78 is 32.0. The number of ether oxygens (including phenoxy) is 1. The average Bonchev–Trinajstić information content (AvgIpc) is 3.65. The van der Waals surface area contributed by atoms with Crippen molar-refractivity contribution >= 4 is 27.4 Å². The van der Waals surface area contributed by atoms with Crippen molar-refractivity contribution in [3.05, 3.63) is 36.0 Å². The molecule has 1 aliphatic heterocycles. The van der Waals surface area contributed by atoms with Gasteiger partial charge < -0.3 is 25.4 Å². The van der Waals surface area contributed by atoms with Gasteiger partial charge in [-0.3, -0.25) is 0 Å². The van der Waals surface area contributed by atoms with E-state index < -0.39 is 20.6 Å². The van der Waals surface area contributed by atoms with Crippen LogP contribution in [0.4, 0.5) is 16.3 Å². The van der Waals surface area contributed by atoms with Gasteiger partial charge in [0.25, 0.3) is 0 Å². The summed E-state index contributed by atoms with van der Waals surface area (Å²) in [6, 6.07) is 8.63. The highest BCUT2D eigenvalue weighted by molar-refractivity contribution is 7.93. The van der Waals surface area contributed by atoms with Crippen LogP contribution in [0.25, 0.3) is 11.4 Å². The fourth-order valence-corrected chi connectivity index (χ4v) is 7.78. The first-order valence-electron chi connectivity index (χ1n) is 12.6. The third-order valence-corrected chi connectivity index (χ3v) is 10.3. The minimum atomic E-state index is -3.36. The Hall–Kier alpha value is -2.76. The van der Waals surface area contributed by atoms with Crippen molar-refractivity contribution in [1.82, 2.24) is 15.3 Å². The van der Waals surface area contributed by atoms with E-state index in [9.17, 15) is 13.2 Å². The normalized spacial score (nSPS) is 19.8. The summed E-state index contributed by atoms with van der Waals surface area (Å²) in [5, 5.41) is 13.9. The van der Waals surface area contributed by atoms with Gasteiger partial charge in [-0.2, -0.15) is 0 Å². The highest BCUT2D eigenvalue weighted by Crippen LogP contribution is 2.51. The molecule has 3 N–H and O–H groups in total. The zero-order valence-electron chi connectivity index (χ0n) is 20.3. The van der Waals surface area contributed by atoms with E-state index in [0.29, 0.717) is 56.4 Å². The van der Waals surface area contributed by atoms with Crippen LogP contribution in [0.15, 0.2) is 30.3 Å². The summed E-state index contributed by atoms with van der Waals surface area (Å²) in [4.78, 5) is 23.8. The smallest absolute Gasteiger partial charge is 0.319 e. The van der Waals surface area contributed by atoms with Gasteiger partial charge in [0.2, 0.25) is 0 Å². The van der Waals surface area contributed by atoms with Crippen molar-refractivity contribution in [2.24, 2.45) is 0 Å². The Labute approximate surface area is 211 Å². The molecule has 0 bridgehead atoms. The number of carbonyl (C=O) groups excluding carboxylic acids is 1. The number of hydrogen-bond donors (Lipinski definition) is 3. The predicted octanol–water partition coefficient (Wildman–Crippen LogP) is 2.44. The molecule has 11 heteroatoms. The number of carbonyl (C=O) groups is 1. The average molecular weight is 516 g/mol. The highest BCUT2D eigenvalue weighted by Gasteiger charge is 2.55. The Morgan fingerprint density at radius 1 is 1.11 bits per heavy atom. The molecule has 5 rings (SSSR count). The number of hydrogen-bond acceptors (Lipinski definition) is 8. The number of morpholine rings is 1. The van der Waals surface area contributed by atoms with E-state index in [4.69, 9.17) is 19.8 Å². The van der Waals surface area contributed by atoms with Crippen LogP contribution < -0.4 is 15.5 Å². The van der Waals surface area contributed by atoms with Crippen LogP contribution in [0, 0.1) is 0 Å². The molecular formula is C25H33N5O5S. The topological polar surface area (TPSA) is 134 Å². The van der Waals surface area contributed by atoms with E-state index >= 15 is 0 Å². The molecule has 1 aromatic carbocycles. The molecule has 2 heterocycles. The summed E-state index contributed by atoms with van der Waals surface area (Å²) in [5.74, 6) is 1.20. The van der Waals surface area contributed by atoms with Gasteiger partial charge in [0.1, 0.15) is 10.6 Å². The lowest BCUT2D eigenvalue weighted by Crippen LogP contribution is -2.39. The number of rotatable bonds is 8. The SMILES string of the molecule is O=C(NCCO)Nc1ccc(-c2nc(N3CCOCC3)cc(C3(S(=O)(=O)C4CC4)CCCC3)n2)cc1. The van der Waals surface area contributed by atoms with Gasteiger partial charge in [-0.25, -0.2) is 23.2 Å². The van der Waals surface area contributed by atoms with Crippen molar-refractivity contribution < 1.29 is 23.1 Å². The Kier molecular flexibility index (Phi) is 7.14. The van der Waals surface area contributed by atoms with Gasteiger partial charge in [-0.15, -0.1) is 0 Å². The first kappa shape index (κ1) is 24.9. The third-order valence-electron chi connectivity index (χ3n) is 7.23. The largest absolute Gasteiger partial charge is 0.395 e. The van der Waals surface area contributed by atoms with Crippen LogP contribution in [0.5, 0.6) is 0 Å². The zero-order valence-corrected chi connectivity index (χ0v) is 21.1. The van der Waals surface area contributed by atoms with Gasteiger partial charge >= 0.3 is 6.03 Å².